The van der Waals surface area contributed by atoms with E-state index in [1.54, 1.807) is 13.3 Å². The third kappa shape index (κ3) is 5.40. The van der Waals surface area contributed by atoms with Crippen molar-refractivity contribution in [3.63, 3.8) is 0 Å². The molecular weight excluding hydrogens is 400 g/mol. The molecule has 0 radical (unpaired) electrons. The zero-order valence-corrected chi connectivity index (χ0v) is 19.1. The predicted molar refractivity (Wildman–Crippen MR) is 130 cm³/mol. The molecule has 7 nitrogen and oxygen atoms in total. The van der Waals surface area contributed by atoms with Gasteiger partial charge in [-0.15, -0.1) is 6.58 Å². The molecule has 2 aromatic rings. The zero-order valence-electron chi connectivity index (χ0n) is 19.1. The zero-order chi connectivity index (χ0) is 22.2. The summed E-state index contributed by atoms with van der Waals surface area (Å²) in [5, 5.41) is 7.03. The monoisotopic (exact) mass is 434 g/mol. The van der Waals surface area contributed by atoms with E-state index >= 15 is 0 Å². The second-order valence-corrected chi connectivity index (χ2v) is 8.26. The molecule has 1 saturated heterocycles. The molecule has 1 aromatic heterocycles. The van der Waals surface area contributed by atoms with Crippen LogP contribution in [0, 0.1) is 0 Å². The summed E-state index contributed by atoms with van der Waals surface area (Å²) in [5.41, 5.74) is 2.26. The largest absolute Gasteiger partial charge is 0.495 e. The first-order chi connectivity index (χ1) is 15.8. The first-order valence-corrected chi connectivity index (χ1v) is 11.5. The van der Waals surface area contributed by atoms with Crippen LogP contribution in [-0.4, -0.2) is 85.2 Å². The highest BCUT2D eigenvalue weighted by Crippen LogP contribution is 2.28. The molecule has 1 fully saturated rings. The van der Waals surface area contributed by atoms with Gasteiger partial charge >= 0.3 is 0 Å². The topological polar surface area (TPSA) is 47.4 Å². The number of hydrogen-bond donors (Lipinski definition) is 0. The van der Waals surface area contributed by atoms with E-state index < -0.39 is 0 Å². The number of benzene rings is 1. The quantitative estimate of drug-likeness (QED) is 0.423. The van der Waals surface area contributed by atoms with E-state index in [1.807, 2.05) is 30.5 Å². The lowest BCUT2D eigenvalue weighted by molar-refractivity contribution is 0.220. The van der Waals surface area contributed by atoms with Crippen molar-refractivity contribution in [2.45, 2.75) is 12.8 Å². The number of amidine groups is 1. The second kappa shape index (κ2) is 11.0. The molecule has 3 heterocycles. The lowest BCUT2D eigenvalue weighted by atomic mass is 10.2. The summed E-state index contributed by atoms with van der Waals surface area (Å²) in [5.74, 6) is 1.95. The number of piperazine rings is 1. The normalized spacial score (nSPS) is 16.9. The van der Waals surface area contributed by atoms with Crippen LogP contribution < -0.4 is 9.64 Å². The van der Waals surface area contributed by atoms with Crippen LogP contribution in [-0.2, 0) is 0 Å². The average Bonchev–Trinajstić information content (AvgIpc) is 3.25. The van der Waals surface area contributed by atoms with Crippen LogP contribution >= 0.6 is 0 Å². The van der Waals surface area contributed by atoms with Crippen LogP contribution in [0.3, 0.4) is 0 Å². The summed E-state index contributed by atoms with van der Waals surface area (Å²) in [4.78, 5) is 11.5. The van der Waals surface area contributed by atoms with E-state index in [9.17, 15) is 0 Å². The Morgan fingerprint density at radius 1 is 1.03 bits per heavy atom. The average molecular weight is 435 g/mol. The molecule has 0 saturated carbocycles. The number of ether oxygens (including phenoxy) is 1. The Hall–Kier alpha value is -3.06. The number of pyridine rings is 1. The van der Waals surface area contributed by atoms with Gasteiger partial charge in [-0.3, -0.25) is 14.9 Å². The number of unbranched alkanes of at least 4 members (excludes halogenated alkanes) is 1. The highest BCUT2D eigenvalue weighted by molar-refractivity contribution is 5.99. The van der Waals surface area contributed by atoms with Gasteiger partial charge < -0.3 is 14.5 Å². The van der Waals surface area contributed by atoms with Gasteiger partial charge in [0, 0.05) is 57.2 Å². The fraction of sp³-hybridized carbons (Fsp3) is 0.440. The number of nitrogens with zero attached hydrogens (tertiary/aromatic N) is 6. The first-order valence-electron chi connectivity index (χ1n) is 11.5. The van der Waals surface area contributed by atoms with Crippen LogP contribution in [0.4, 0.5) is 5.69 Å². The van der Waals surface area contributed by atoms with Gasteiger partial charge in [-0.25, -0.2) is 0 Å². The van der Waals surface area contributed by atoms with Crippen molar-refractivity contribution in [3.05, 3.63) is 67.0 Å². The maximum Gasteiger partial charge on any atom is 0.159 e. The number of hydrazone groups is 1. The Bertz CT molecular complexity index is 894. The lowest BCUT2D eigenvalue weighted by Crippen LogP contribution is -2.46. The first kappa shape index (κ1) is 22.1. The van der Waals surface area contributed by atoms with Gasteiger partial charge in [0.25, 0.3) is 0 Å². The molecular formula is C25H34N6O. The van der Waals surface area contributed by atoms with Crippen molar-refractivity contribution in [1.29, 1.82) is 0 Å². The second-order valence-electron chi connectivity index (χ2n) is 8.26. The molecule has 2 aliphatic heterocycles. The van der Waals surface area contributed by atoms with Crippen LogP contribution in [0.2, 0.25) is 0 Å². The van der Waals surface area contributed by atoms with Crippen molar-refractivity contribution in [1.82, 2.24) is 19.8 Å². The number of anilines is 1. The summed E-state index contributed by atoms with van der Waals surface area (Å²) in [6.45, 7) is 11.9. The Morgan fingerprint density at radius 3 is 2.59 bits per heavy atom. The minimum Gasteiger partial charge on any atom is -0.495 e. The molecule has 0 unspecified atom stereocenters. The van der Waals surface area contributed by atoms with E-state index in [2.05, 4.69) is 49.5 Å². The lowest BCUT2D eigenvalue weighted by Gasteiger charge is -2.36. The Morgan fingerprint density at radius 2 is 1.84 bits per heavy atom. The molecule has 0 N–H and O–H groups in total. The summed E-state index contributed by atoms with van der Waals surface area (Å²) in [6, 6.07) is 12.3. The van der Waals surface area contributed by atoms with Crippen molar-refractivity contribution in [2.24, 2.45) is 5.10 Å². The Balaban J connectivity index is 1.21. The fourth-order valence-corrected chi connectivity index (χ4v) is 4.38. The number of rotatable bonds is 10. The van der Waals surface area contributed by atoms with E-state index in [0.29, 0.717) is 0 Å². The van der Waals surface area contributed by atoms with E-state index in [4.69, 9.17) is 9.84 Å². The number of para-hydroxylation sites is 2. The van der Waals surface area contributed by atoms with Crippen molar-refractivity contribution in [2.75, 3.05) is 64.5 Å². The van der Waals surface area contributed by atoms with E-state index in [1.165, 1.54) is 12.1 Å². The van der Waals surface area contributed by atoms with Gasteiger partial charge in [-0.1, -0.05) is 18.2 Å². The number of methoxy groups -OCH3 is 1. The fourth-order valence-electron chi connectivity index (χ4n) is 4.38. The summed E-state index contributed by atoms with van der Waals surface area (Å²) in [7, 11) is 1.75. The van der Waals surface area contributed by atoms with Crippen molar-refractivity contribution in [3.8, 4) is 5.75 Å². The molecule has 4 rings (SSSR count). The van der Waals surface area contributed by atoms with Crippen molar-refractivity contribution < 1.29 is 4.74 Å². The Labute approximate surface area is 191 Å². The third-order valence-electron chi connectivity index (χ3n) is 6.08. The maximum absolute atomic E-state index is 5.53. The summed E-state index contributed by atoms with van der Waals surface area (Å²) in [6.07, 6.45) is 7.93. The van der Waals surface area contributed by atoms with Crippen LogP contribution in [0.25, 0.3) is 0 Å². The standard InChI is InChI=1S/C25H34N6O/c1-3-13-30-21-31(27-25(30)22-9-8-12-26-20-22)15-7-6-14-28-16-18-29(19-17-28)23-10-4-5-11-24(23)32-2/h3-5,8-12,20H,1,6-7,13-19,21H2,2H3. The molecule has 170 valence electrons. The summed E-state index contributed by atoms with van der Waals surface area (Å²) >= 11 is 0. The molecule has 32 heavy (non-hydrogen) atoms. The van der Waals surface area contributed by atoms with Crippen molar-refractivity contribution >= 4 is 11.5 Å². The van der Waals surface area contributed by atoms with Gasteiger partial charge in [-0.05, 0) is 43.7 Å². The minimum atomic E-state index is 0.792. The number of hydrogen-bond acceptors (Lipinski definition) is 7. The molecule has 0 spiro atoms. The summed E-state index contributed by atoms with van der Waals surface area (Å²) < 4.78 is 5.53. The minimum absolute atomic E-state index is 0.792. The maximum atomic E-state index is 5.53. The highest BCUT2D eigenvalue weighted by atomic mass is 16.5. The highest BCUT2D eigenvalue weighted by Gasteiger charge is 2.23. The van der Waals surface area contributed by atoms with Crippen LogP contribution in [0.15, 0.2) is 66.5 Å². The molecule has 2 aliphatic rings. The Kier molecular flexibility index (Phi) is 7.61. The third-order valence-corrected chi connectivity index (χ3v) is 6.08. The van der Waals surface area contributed by atoms with Gasteiger partial charge in [-0.2, -0.15) is 5.10 Å². The molecule has 0 aliphatic carbocycles. The predicted octanol–water partition coefficient (Wildman–Crippen LogP) is 3.12. The molecule has 7 heteroatoms. The SMILES string of the molecule is C=CCN1CN(CCCCN2CCN(c3ccccc3OC)CC2)N=C1c1cccnc1. The molecule has 0 amide bonds. The van der Waals surface area contributed by atoms with E-state index in [-0.39, 0.29) is 0 Å². The van der Waals surface area contributed by atoms with Gasteiger partial charge in [0.1, 0.15) is 12.4 Å². The molecule has 0 atom stereocenters. The van der Waals surface area contributed by atoms with E-state index in [0.717, 1.165) is 76.1 Å². The smallest absolute Gasteiger partial charge is 0.159 e. The van der Waals surface area contributed by atoms with Gasteiger partial charge in [0.15, 0.2) is 5.84 Å². The molecule has 0 bridgehead atoms. The number of aromatic nitrogens is 1. The molecule has 1 aromatic carbocycles. The van der Waals surface area contributed by atoms with Gasteiger partial charge in [0.2, 0.25) is 0 Å². The van der Waals surface area contributed by atoms with Crippen LogP contribution in [0.5, 0.6) is 5.75 Å². The van der Waals surface area contributed by atoms with Crippen LogP contribution in [0.1, 0.15) is 18.4 Å². The van der Waals surface area contributed by atoms with Gasteiger partial charge in [0.05, 0.1) is 12.8 Å².